The fraction of sp³-hybridized carbons (Fsp3) is 0.595. The molecule has 2 saturated heterocycles. The Morgan fingerprint density at radius 3 is 2.45 bits per heavy atom. The number of carbonyl (C=O) groups is 4. The first-order valence-corrected chi connectivity index (χ1v) is 16.9. The third-order valence-electron chi connectivity index (χ3n) is 9.01. The van der Waals surface area contributed by atoms with Gasteiger partial charge in [-0.1, -0.05) is 18.2 Å². The highest BCUT2D eigenvalue weighted by Gasteiger charge is 2.32. The summed E-state index contributed by atoms with van der Waals surface area (Å²) < 4.78 is 23.9. The molecule has 256 valence electrons. The van der Waals surface area contributed by atoms with Gasteiger partial charge in [0.05, 0.1) is 0 Å². The first kappa shape index (κ1) is 36.0. The van der Waals surface area contributed by atoms with Crippen molar-refractivity contribution >= 4 is 23.6 Å². The number of pyridine rings is 1. The lowest BCUT2D eigenvalue weighted by atomic mass is 9.83. The van der Waals surface area contributed by atoms with E-state index in [0.29, 0.717) is 44.3 Å². The Bertz CT molecular complexity index is 1380. The second kappa shape index (κ2) is 16.8. The van der Waals surface area contributed by atoms with Gasteiger partial charge in [0, 0.05) is 74.9 Å². The Hall–Kier alpha value is -3.82. The van der Waals surface area contributed by atoms with E-state index in [4.69, 9.17) is 9.47 Å². The number of halogens is 1. The van der Waals surface area contributed by atoms with Crippen LogP contribution in [0.2, 0.25) is 0 Å². The van der Waals surface area contributed by atoms with E-state index >= 15 is 0 Å². The summed E-state index contributed by atoms with van der Waals surface area (Å²) in [6, 6.07) is 9.27. The Morgan fingerprint density at radius 1 is 1.00 bits per heavy atom. The number of nitrogens with zero attached hydrogens (tertiary/aromatic N) is 3. The maximum atomic E-state index is 13.7. The molecule has 1 unspecified atom stereocenters. The smallest absolute Gasteiger partial charge is 0.410 e. The molecule has 0 spiro atoms. The van der Waals surface area contributed by atoms with Crippen molar-refractivity contribution in [2.75, 3.05) is 39.5 Å². The number of piperidine rings is 2. The second-order valence-electron chi connectivity index (χ2n) is 13.9. The van der Waals surface area contributed by atoms with Crippen molar-refractivity contribution < 1.29 is 33.0 Å². The molecule has 1 aromatic heterocycles. The fourth-order valence-electron chi connectivity index (χ4n) is 6.56. The number of likely N-dealkylation sites (tertiary alicyclic amines) is 2. The van der Waals surface area contributed by atoms with Crippen LogP contribution in [0.1, 0.15) is 90.5 Å². The summed E-state index contributed by atoms with van der Waals surface area (Å²) in [7, 11) is 0. The first-order chi connectivity index (χ1) is 22.4. The van der Waals surface area contributed by atoms with Gasteiger partial charge in [-0.3, -0.25) is 14.6 Å². The largest absolute Gasteiger partial charge is 0.490 e. The highest BCUT2D eigenvalue weighted by atomic mass is 19.1. The van der Waals surface area contributed by atoms with Crippen LogP contribution in [0.5, 0.6) is 5.75 Å². The zero-order chi connectivity index (χ0) is 34.0. The second-order valence-corrected chi connectivity index (χ2v) is 13.9. The third kappa shape index (κ3) is 10.9. The molecule has 0 bridgehead atoms. The van der Waals surface area contributed by atoms with E-state index < -0.39 is 12.3 Å². The quantitative estimate of drug-likeness (QED) is 0.235. The van der Waals surface area contributed by atoms with Crippen LogP contribution in [0.4, 0.5) is 9.18 Å². The third-order valence-corrected chi connectivity index (χ3v) is 9.01. The molecule has 2 amide bonds. The Kier molecular flexibility index (Phi) is 12.9. The van der Waals surface area contributed by atoms with Crippen LogP contribution in [0.15, 0.2) is 42.7 Å². The molecule has 0 saturated carbocycles. The summed E-state index contributed by atoms with van der Waals surface area (Å²) in [5.41, 5.74) is 1.79. The standard InChI is InChI=1S/C37H50FN3O6/c1-26(42)20-29(30-21-31(24-39-23-30)32-9-5-6-10-34(32)46-19-15-38)22-33(43)28-8-7-16-41(25-28)35(44)12-11-27-13-17-40(18-14-27)36(45)47-37(2,3)4/h5-6,9-10,21,23-24,27-29H,7-8,11-20,22,25H2,1-4H3/t28-,29?/m1/s1. The molecule has 2 aliphatic heterocycles. The molecule has 1 aromatic carbocycles. The van der Waals surface area contributed by atoms with E-state index in [9.17, 15) is 23.6 Å². The normalized spacial score (nSPS) is 18.0. The average molecular weight is 652 g/mol. The van der Waals surface area contributed by atoms with Gasteiger partial charge in [-0.2, -0.15) is 0 Å². The minimum absolute atomic E-state index is 0.0164. The monoisotopic (exact) mass is 651 g/mol. The van der Waals surface area contributed by atoms with Crippen LogP contribution in [-0.4, -0.2) is 83.4 Å². The highest BCUT2D eigenvalue weighted by molar-refractivity contribution is 5.85. The van der Waals surface area contributed by atoms with Crippen molar-refractivity contribution in [2.24, 2.45) is 11.8 Å². The van der Waals surface area contributed by atoms with Gasteiger partial charge in [0.2, 0.25) is 5.91 Å². The summed E-state index contributed by atoms with van der Waals surface area (Å²) in [4.78, 5) is 59.6. The molecule has 2 aromatic rings. The predicted molar refractivity (Wildman–Crippen MR) is 178 cm³/mol. The van der Waals surface area contributed by atoms with Crippen molar-refractivity contribution in [3.63, 3.8) is 0 Å². The lowest BCUT2D eigenvalue weighted by molar-refractivity contribution is -0.135. The maximum Gasteiger partial charge on any atom is 0.410 e. The molecular formula is C37H50FN3O6. The molecule has 47 heavy (non-hydrogen) atoms. The number of hydrogen-bond acceptors (Lipinski definition) is 7. The number of ketones is 2. The van der Waals surface area contributed by atoms with E-state index in [0.717, 1.165) is 48.8 Å². The van der Waals surface area contributed by atoms with Gasteiger partial charge in [0.1, 0.15) is 36.2 Å². The lowest BCUT2D eigenvalue weighted by Gasteiger charge is -2.35. The van der Waals surface area contributed by atoms with Gasteiger partial charge in [0.15, 0.2) is 0 Å². The zero-order valence-electron chi connectivity index (χ0n) is 28.3. The van der Waals surface area contributed by atoms with Crippen LogP contribution in [0.25, 0.3) is 11.1 Å². The van der Waals surface area contributed by atoms with E-state index in [1.807, 2.05) is 49.9 Å². The molecule has 2 aliphatic rings. The van der Waals surface area contributed by atoms with E-state index in [1.165, 1.54) is 6.92 Å². The SMILES string of the molecule is CC(=O)CC(CC(=O)[C@@H]1CCCN(C(=O)CCC2CCN(C(=O)OC(C)(C)C)CC2)C1)c1cncc(-c2ccccc2OCCF)c1. The number of rotatable bonds is 13. The van der Waals surface area contributed by atoms with E-state index in [-0.39, 0.29) is 54.9 Å². The molecular weight excluding hydrogens is 601 g/mol. The molecule has 0 aliphatic carbocycles. The van der Waals surface area contributed by atoms with Gasteiger partial charge in [-0.05, 0) is 89.3 Å². The van der Waals surface area contributed by atoms with Crippen LogP contribution in [0.3, 0.4) is 0 Å². The van der Waals surface area contributed by atoms with Gasteiger partial charge < -0.3 is 24.1 Å². The Balaban J connectivity index is 1.33. The van der Waals surface area contributed by atoms with Gasteiger partial charge in [-0.15, -0.1) is 0 Å². The topological polar surface area (TPSA) is 106 Å². The van der Waals surface area contributed by atoms with Crippen molar-refractivity contribution in [3.05, 3.63) is 48.3 Å². The highest BCUT2D eigenvalue weighted by Crippen LogP contribution is 2.34. The number of Topliss-reactive ketones (excluding diaryl/α,β-unsaturated/α-hetero) is 2. The summed E-state index contributed by atoms with van der Waals surface area (Å²) in [5, 5.41) is 0. The number of hydrogen-bond donors (Lipinski definition) is 0. The molecule has 0 N–H and O–H groups in total. The number of aromatic nitrogens is 1. The molecule has 3 heterocycles. The predicted octanol–water partition coefficient (Wildman–Crippen LogP) is 6.78. The Morgan fingerprint density at radius 2 is 1.74 bits per heavy atom. The van der Waals surface area contributed by atoms with Gasteiger partial charge in [0.25, 0.3) is 0 Å². The lowest BCUT2D eigenvalue weighted by Crippen LogP contribution is -2.43. The number of benzene rings is 1. The summed E-state index contributed by atoms with van der Waals surface area (Å²) >= 11 is 0. The van der Waals surface area contributed by atoms with Crippen LogP contribution in [0, 0.1) is 11.8 Å². The van der Waals surface area contributed by atoms with Gasteiger partial charge >= 0.3 is 6.09 Å². The minimum atomic E-state index is -0.601. The van der Waals surface area contributed by atoms with E-state index in [2.05, 4.69) is 4.98 Å². The van der Waals surface area contributed by atoms with Crippen molar-refractivity contribution in [1.82, 2.24) is 14.8 Å². The number of para-hydroxylation sites is 1. The zero-order valence-corrected chi connectivity index (χ0v) is 28.3. The van der Waals surface area contributed by atoms with Crippen LogP contribution in [-0.2, 0) is 19.1 Å². The van der Waals surface area contributed by atoms with Crippen LogP contribution < -0.4 is 4.74 Å². The molecule has 4 rings (SSSR count). The van der Waals surface area contributed by atoms with Crippen molar-refractivity contribution in [2.45, 2.75) is 90.6 Å². The fourth-order valence-corrected chi connectivity index (χ4v) is 6.56. The van der Waals surface area contributed by atoms with Crippen LogP contribution >= 0.6 is 0 Å². The maximum absolute atomic E-state index is 13.7. The Labute approximate surface area is 278 Å². The van der Waals surface area contributed by atoms with Crippen molar-refractivity contribution in [3.8, 4) is 16.9 Å². The molecule has 10 heteroatoms. The molecule has 2 atom stereocenters. The molecule has 9 nitrogen and oxygen atoms in total. The van der Waals surface area contributed by atoms with E-state index in [1.54, 1.807) is 23.4 Å². The van der Waals surface area contributed by atoms with Gasteiger partial charge in [-0.25, -0.2) is 9.18 Å². The molecule has 2 fully saturated rings. The number of alkyl halides is 1. The summed E-state index contributed by atoms with van der Waals surface area (Å²) in [5.74, 6) is 0.412. The summed E-state index contributed by atoms with van der Waals surface area (Å²) in [6.45, 7) is 8.76. The number of amides is 2. The molecule has 0 radical (unpaired) electrons. The number of ether oxygens (including phenoxy) is 2. The summed E-state index contributed by atoms with van der Waals surface area (Å²) in [6.07, 6.45) is 7.88. The number of carbonyl (C=O) groups excluding carboxylic acids is 4. The average Bonchev–Trinajstić information content (AvgIpc) is 3.05. The first-order valence-electron chi connectivity index (χ1n) is 16.9. The van der Waals surface area contributed by atoms with Crippen molar-refractivity contribution in [1.29, 1.82) is 0 Å². The minimum Gasteiger partial charge on any atom is -0.490 e.